The van der Waals surface area contributed by atoms with Gasteiger partial charge in [-0.1, -0.05) is 29.7 Å². The minimum absolute atomic E-state index is 0.0387. The van der Waals surface area contributed by atoms with Crippen molar-refractivity contribution in [1.82, 2.24) is 14.8 Å². The van der Waals surface area contributed by atoms with Crippen molar-refractivity contribution in [1.29, 1.82) is 0 Å². The lowest BCUT2D eigenvalue weighted by Crippen LogP contribution is -2.40. The molecule has 2 amide bonds. The van der Waals surface area contributed by atoms with Crippen LogP contribution in [0.5, 0.6) is 5.75 Å². The Labute approximate surface area is 185 Å². The lowest BCUT2D eigenvalue weighted by molar-refractivity contribution is -0.125. The molecule has 0 radical (unpaired) electrons. The number of benzene rings is 1. The summed E-state index contributed by atoms with van der Waals surface area (Å²) >= 11 is 3.14. The van der Waals surface area contributed by atoms with E-state index in [0.29, 0.717) is 24.4 Å². The molecule has 0 saturated carbocycles. The van der Waals surface area contributed by atoms with E-state index in [2.05, 4.69) is 16.9 Å². The number of likely N-dealkylation sites (tertiary alicyclic amines) is 1. The molecule has 1 aliphatic heterocycles. The topological polar surface area (TPSA) is 74.8 Å². The molecule has 2 heterocycles. The van der Waals surface area contributed by atoms with Gasteiger partial charge >= 0.3 is 0 Å². The van der Waals surface area contributed by atoms with Crippen LogP contribution in [0, 0.1) is 6.92 Å². The molecule has 160 valence electrons. The van der Waals surface area contributed by atoms with E-state index in [0.717, 1.165) is 26.2 Å². The molecule has 1 N–H and O–H groups in total. The van der Waals surface area contributed by atoms with Crippen LogP contribution in [0.2, 0.25) is 0 Å². The lowest BCUT2D eigenvalue weighted by atomic mass is 10.1. The minimum atomic E-state index is -0.119. The zero-order valence-corrected chi connectivity index (χ0v) is 19.2. The maximum absolute atomic E-state index is 13.3. The quantitative estimate of drug-likeness (QED) is 0.656. The Morgan fingerprint density at radius 1 is 1.47 bits per heavy atom. The number of likely N-dealkylation sites (N-methyl/N-ethyl adjacent to an activating group) is 1. The number of carbonyl (C=O) groups is 2. The summed E-state index contributed by atoms with van der Waals surface area (Å²) in [5.74, 6) is 0.327. The van der Waals surface area contributed by atoms with Crippen LogP contribution >= 0.6 is 23.1 Å². The summed E-state index contributed by atoms with van der Waals surface area (Å²) in [6.07, 6.45) is 3.88. The van der Waals surface area contributed by atoms with Gasteiger partial charge in [-0.2, -0.15) is 0 Å². The predicted molar refractivity (Wildman–Crippen MR) is 121 cm³/mol. The first-order valence-corrected chi connectivity index (χ1v) is 11.2. The lowest BCUT2D eigenvalue weighted by Gasteiger charge is -2.26. The van der Waals surface area contributed by atoms with E-state index in [9.17, 15) is 9.59 Å². The van der Waals surface area contributed by atoms with Gasteiger partial charge in [-0.3, -0.25) is 9.59 Å². The van der Waals surface area contributed by atoms with Crippen molar-refractivity contribution in [2.75, 3.05) is 39.6 Å². The SMILES string of the molecule is C=CC(=O)N1CCC(N(C)C(=O)c2cc(Sc3cnc(NC)s3)c(C)cc2OC)C1. The smallest absolute Gasteiger partial charge is 0.257 e. The highest BCUT2D eigenvalue weighted by molar-refractivity contribution is 8.01. The van der Waals surface area contributed by atoms with Crippen molar-refractivity contribution in [3.63, 3.8) is 0 Å². The largest absolute Gasteiger partial charge is 0.496 e. The number of carbonyl (C=O) groups excluding carboxylic acids is 2. The molecule has 1 unspecified atom stereocenters. The van der Waals surface area contributed by atoms with Crippen molar-refractivity contribution in [2.45, 2.75) is 28.5 Å². The van der Waals surface area contributed by atoms with Crippen molar-refractivity contribution >= 4 is 40.0 Å². The van der Waals surface area contributed by atoms with Crippen LogP contribution in [-0.2, 0) is 4.79 Å². The van der Waals surface area contributed by atoms with Crippen molar-refractivity contribution in [3.05, 3.63) is 42.1 Å². The second-order valence-corrected chi connectivity index (χ2v) is 9.37. The molecule has 0 aliphatic carbocycles. The van der Waals surface area contributed by atoms with E-state index in [1.54, 1.807) is 47.1 Å². The molecule has 7 nitrogen and oxygen atoms in total. The zero-order valence-electron chi connectivity index (χ0n) is 17.6. The van der Waals surface area contributed by atoms with Gasteiger partial charge in [-0.25, -0.2) is 4.98 Å². The Morgan fingerprint density at radius 2 is 2.23 bits per heavy atom. The van der Waals surface area contributed by atoms with E-state index < -0.39 is 0 Å². The van der Waals surface area contributed by atoms with Gasteiger partial charge in [-0.05, 0) is 37.1 Å². The summed E-state index contributed by atoms with van der Waals surface area (Å²) in [6, 6.07) is 3.74. The van der Waals surface area contributed by atoms with Gasteiger partial charge in [0.05, 0.1) is 29.1 Å². The van der Waals surface area contributed by atoms with Crippen molar-refractivity contribution in [3.8, 4) is 5.75 Å². The Bertz CT molecular complexity index is 960. The molecule has 1 saturated heterocycles. The fourth-order valence-corrected chi connectivity index (χ4v) is 5.28. The summed E-state index contributed by atoms with van der Waals surface area (Å²) in [5.41, 5.74) is 1.54. The molecule has 1 atom stereocenters. The van der Waals surface area contributed by atoms with Gasteiger partial charge in [0, 0.05) is 32.1 Å². The number of nitrogens with one attached hydrogen (secondary N) is 1. The highest BCUT2D eigenvalue weighted by atomic mass is 32.2. The Hall–Kier alpha value is -2.52. The zero-order chi connectivity index (χ0) is 21.8. The molecular weight excluding hydrogens is 420 g/mol. The number of ether oxygens (including phenoxy) is 1. The summed E-state index contributed by atoms with van der Waals surface area (Å²) < 4.78 is 6.55. The number of aromatic nitrogens is 1. The van der Waals surface area contributed by atoms with Crippen LogP contribution in [0.25, 0.3) is 0 Å². The number of methoxy groups -OCH3 is 1. The monoisotopic (exact) mass is 446 g/mol. The number of hydrogen-bond donors (Lipinski definition) is 1. The fourth-order valence-electron chi connectivity index (χ4n) is 3.38. The maximum atomic E-state index is 13.3. The average Bonchev–Trinajstić information content (AvgIpc) is 3.43. The number of amides is 2. The van der Waals surface area contributed by atoms with E-state index in [-0.39, 0.29) is 17.9 Å². The standard InChI is InChI=1S/C21H26N4O3S2/c1-6-18(26)25-8-7-14(12-25)24(4)20(27)15-10-17(13(2)9-16(15)28-5)29-19-11-23-21(22-3)30-19/h6,9-11,14H,1,7-8,12H2,2-5H3,(H,22,23). The summed E-state index contributed by atoms with van der Waals surface area (Å²) in [6.45, 7) is 6.67. The Balaban J connectivity index is 1.83. The van der Waals surface area contributed by atoms with Crippen LogP contribution in [0.1, 0.15) is 22.3 Å². The van der Waals surface area contributed by atoms with E-state index >= 15 is 0 Å². The molecule has 1 fully saturated rings. The predicted octanol–water partition coefficient (Wildman–Crippen LogP) is 3.51. The van der Waals surface area contributed by atoms with Gasteiger partial charge in [0.1, 0.15) is 5.75 Å². The molecule has 1 aromatic carbocycles. The third-order valence-corrected chi connectivity index (χ3v) is 7.43. The van der Waals surface area contributed by atoms with Gasteiger partial charge < -0.3 is 19.9 Å². The van der Waals surface area contributed by atoms with Crippen molar-refractivity contribution < 1.29 is 14.3 Å². The van der Waals surface area contributed by atoms with Crippen LogP contribution < -0.4 is 10.1 Å². The highest BCUT2D eigenvalue weighted by Gasteiger charge is 2.31. The second kappa shape index (κ2) is 9.53. The minimum Gasteiger partial charge on any atom is -0.496 e. The number of thiazole rings is 1. The average molecular weight is 447 g/mol. The van der Waals surface area contributed by atoms with Crippen molar-refractivity contribution in [2.24, 2.45) is 0 Å². The number of rotatable bonds is 7. The highest BCUT2D eigenvalue weighted by Crippen LogP contribution is 2.38. The van der Waals surface area contributed by atoms with Crippen LogP contribution in [-0.4, -0.2) is 66.9 Å². The first-order valence-electron chi connectivity index (χ1n) is 9.56. The van der Waals surface area contributed by atoms with Crippen LogP contribution in [0.15, 0.2) is 40.1 Å². The fraction of sp³-hybridized carbons (Fsp3) is 0.381. The number of aryl methyl sites for hydroxylation is 1. The molecule has 9 heteroatoms. The van der Waals surface area contributed by atoms with Crippen LogP contribution in [0.4, 0.5) is 5.13 Å². The molecule has 0 spiro atoms. The molecule has 0 bridgehead atoms. The number of anilines is 1. The van der Waals surface area contributed by atoms with Gasteiger partial charge in [0.25, 0.3) is 5.91 Å². The summed E-state index contributed by atoms with van der Waals surface area (Å²) in [5, 5.41) is 3.88. The molecule has 1 aromatic heterocycles. The second-order valence-electron chi connectivity index (χ2n) is 7.00. The first kappa shape index (κ1) is 22.2. The molecule has 3 rings (SSSR count). The Morgan fingerprint density at radius 3 is 2.87 bits per heavy atom. The van der Waals surface area contributed by atoms with Gasteiger partial charge in [-0.15, -0.1) is 0 Å². The third-order valence-electron chi connectivity index (χ3n) is 5.15. The van der Waals surface area contributed by atoms with Gasteiger partial charge in [0.2, 0.25) is 5.91 Å². The summed E-state index contributed by atoms with van der Waals surface area (Å²) in [4.78, 5) is 33.9. The Kier molecular flexibility index (Phi) is 7.04. The first-order chi connectivity index (χ1) is 14.4. The van der Waals surface area contributed by atoms with E-state index in [1.807, 2.05) is 32.3 Å². The molecule has 30 heavy (non-hydrogen) atoms. The molecule has 2 aromatic rings. The summed E-state index contributed by atoms with van der Waals surface area (Å²) in [7, 11) is 5.19. The van der Waals surface area contributed by atoms with E-state index in [1.165, 1.54) is 6.08 Å². The maximum Gasteiger partial charge on any atom is 0.257 e. The number of hydrogen-bond acceptors (Lipinski definition) is 7. The van der Waals surface area contributed by atoms with Crippen LogP contribution in [0.3, 0.4) is 0 Å². The molecule has 1 aliphatic rings. The third kappa shape index (κ3) is 4.62. The molecular formula is C21H26N4O3S2. The number of nitrogens with zero attached hydrogens (tertiary/aromatic N) is 3. The normalized spacial score (nSPS) is 15.7. The van der Waals surface area contributed by atoms with Gasteiger partial charge in [0.15, 0.2) is 5.13 Å². The van der Waals surface area contributed by atoms with E-state index in [4.69, 9.17) is 4.74 Å².